The molecule has 3 aliphatic rings. The Labute approximate surface area is 163 Å². The fourth-order valence-electron chi connectivity index (χ4n) is 6.71. The highest BCUT2D eigenvalue weighted by Gasteiger charge is 2.35. The third-order valence-electron chi connectivity index (χ3n) is 8.38. The molecule has 3 aliphatic carbocycles. The Morgan fingerprint density at radius 3 is 1.35 bits per heavy atom. The van der Waals surface area contributed by atoms with Gasteiger partial charge in [-0.25, -0.2) is 0 Å². The highest BCUT2D eigenvalue weighted by atomic mass is 16.1. The standard InChI is InChI=1S/C25H44O/c1-3-5-19-7-11-21(12-8-19)22-15-17-24(18-16-22)25(26)23-13-9-20(6-4-2)10-14-23/h19-24H,3-18H2,1-2H3. The van der Waals surface area contributed by atoms with E-state index in [0.29, 0.717) is 17.6 Å². The predicted octanol–water partition coefficient (Wildman–Crippen LogP) is 7.57. The minimum Gasteiger partial charge on any atom is -0.299 e. The molecule has 0 saturated heterocycles. The number of carbonyl (C=O) groups excluding carboxylic acids is 1. The van der Waals surface area contributed by atoms with E-state index in [1.54, 1.807) is 0 Å². The van der Waals surface area contributed by atoms with Gasteiger partial charge in [0.1, 0.15) is 5.78 Å². The van der Waals surface area contributed by atoms with Crippen LogP contribution in [0, 0.1) is 35.5 Å². The van der Waals surface area contributed by atoms with Crippen molar-refractivity contribution < 1.29 is 4.79 Å². The molecule has 0 N–H and O–H groups in total. The maximum absolute atomic E-state index is 13.0. The second kappa shape index (κ2) is 10.3. The molecule has 26 heavy (non-hydrogen) atoms. The van der Waals surface area contributed by atoms with Gasteiger partial charge in [-0.3, -0.25) is 4.79 Å². The lowest BCUT2D eigenvalue weighted by atomic mass is 9.66. The van der Waals surface area contributed by atoms with Crippen molar-refractivity contribution in [3.8, 4) is 0 Å². The summed E-state index contributed by atoms with van der Waals surface area (Å²) < 4.78 is 0. The normalized spacial score (nSPS) is 38.8. The van der Waals surface area contributed by atoms with Crippen LogP contribution < -0.4 is 0 Å². The molecule has 0 spiro atoms. The Balaban J connectivity index is 1.38. The molecular formula is C25H44O. The first-order chi connectivity index (χ1) is 12.7. The van der Waals surface area contributed by atoms with Crippen LogP contribution in [-0.4, -0.2) is 5.78 Å². The Morgan fingerprint density at radius 2 is 0.923 bits per heavy atom. The Kier molecular flexibility index (Phi) is 8.07. The van der Waals surface area contributed by atoms with Gasteiger partial charge < -0.3 is 0 Å². The summed E-state index contributed by atoms with van der Waals surface area (Å²) in [6.45, 7) is 4.63. The van der Waals surface area contributed by atoms with E-state index in [4.69, 9.17) is 0 Å². The van der Waals surface area contributed by atoms with E-state index in [0.717, 1.165) is 23.7 Å². The zero-order valence-electron chi connectivity index (χ0n) is 17.7. The van der Waals surface area contributed by atoms with E-state index < -0.39 is 0 Å². The first-order valence-electron chi connectivity index (χ1n) is 12.2. The van der Waals surface area contributed by atoms with Crippen molar-refractivity contribution in [2.75, 3.05) is 0 Å². The molecule has 0 aliphatic heterocycles. The molecule has 0 aromatic heterocycles. The summed E-state index contributed by atoms with van der Waals surface area (Å²) in [6, 6.07) is 0. The molecule has 1 heteroatoms. The summed E-state index contributed by atoms with van der Waals surface area (Å²) in [5.74, 6) is 5.40. The summed E-state index contributed by atoms with van der Waals surface area (Å²) in [7, 11) is 0. The molecule has 0 atom stereocenters. The van der Waals surface area contributed by atoms with Crippen molar-refractivity contribution in [2.45, 2.75) is 117 Å². The van der Waals surface area contributed by atoms with Crippen LogP contribution in [0.1, 0.15) is 117 Å². The van der Waals surface area contributed by atoms with Crippen molar-refractivity contribution in [3.05, 3.63) is 0 Å². The van der Waals surface area contributed by atoms with Gasteiger partial charge in [0, 0.05) is 11.8 Å². The Hall–Kier alpha value is -0.330. The van der Waals surface area contributed by atoms with E-state index in [1.165, 1.54) is 103 Å². The second-order valence-corrected chi connectivity index (χ2v) is 10.1. The van der Waals surface area contributed by atoms with Crippen molar-refractivity contribution in [1.82, 2.24) is 0 Å². The Bertz CT molecular complexity index is 404. The molecule has 0 unspecified atom stereocenters. The van der Waals surface area contributed by atoms with Crippen molar-refractivity contribution >= 4 is 5.78 Å². The molecule has 0 aromatic carbocycles. The van der Waals surface area contributed by atoms with Crippen LogP contribution in [0.25, 0.3) is 0 Å². The predicted molar refractivity (Wildman–Crippen MR) is 111 cm³/mol. The third-order valence-corrected chi connectivity index (χ3v) is 8.38. The van der Waals surface area contributed by atoms with E-state index in [9.17, 15) is 4.79 Å². The Morgan fingerprint density at radius 1 is 0.577 bits per heavy atom. The number of ketones is 1. The molecule has 3 rings (SSSR count). The van der Waals surface area contributed by atoms with Crippen molar-refractivity contribution in [3.63, 3.8) is 0 Å². The van der Waals surface area contributed by atoms with Crippen LogP contribution in [0.2, 0.25) is 0 Å². The molecule has 0 radical (unpaired) electrons. The van der Waals surface area contributed by atoms with Gasteiger partial charge in [-0.2, -0.15) is 0 Å². The van der Waals surface area contributed by atoms with E-state index >= 15 is 0 Å². The molecule has 1 nitrogen and oxygen atoms in total. The number of rotatable bonds is 7. The average molecular weight is 361 g/mol. The first-order valence-corrected chi connectivity index (χ1v) is 12.2. The molecule has 0 bridgehead atoms. The highest BCUT2D eigenvalue weighted by molar-refractivity contribution is 5.83. The van der Waals surface area contributed by atoms with Gasteiger partial charge in [-0.15, -0.1) is 0 Å². The SMILES string of the molecule is CCCC1CCC(C(=O)C2CCC(C3CCC(CCC)CC3)CC2)CC1. The average Bonchev–Trinajstić information content (AvgIpc) is 2.69. The highest BCUT2D eigenvalue weighted by Crippen LogP contribution is 2.43. The summed E-state index contributed by atoms with van der Waals surface area (Å²) >= 11 is 0. The molecule has 0 aromatic rings. The lowest BCUT2D eigenvalue weighted by Crippen LogP contribution is -2.32. The summed E-state index contributed by atoms with van der Waals surface area (Å²) in [5, 5.41) is 0. The van der Waals surface area contributed by atoms with Crippen LogP contribution >= 0.6 is 0 Å². The lowest BCUT2D eigenvalue weighted by Gasteiger charge is -2.38. The van der Waals surface area contributed by atoms with Crippen LogP contribution in [0.4, 0.5) is 0 Å². The summed E-state index contributed by atoms with van der Waals surface area (Å²) in [4.78, 5) is 13.0. The second-order valence-electron chi connectivity index (χ2n) is 10.1. The smallest absolute Gasteiger partial charge is 0.139 e. The summed E-state index contributed by atoms with van der Waals surface area (Å²) in [6.07, 6.45) is 21.6. The van der Waals surface area contributed by atoms with Crippen molar-refractivity contribution in [2.24, 2.45) is 35.5 Å². The van der Waals surface area contributed by atoms with Crippen molar-refractivity contribution in [1.29, 1.82) is 0 Å². The molecule has 0 heterocycles. The van der Waals surface area contributed by atoms with Gasteiger partial charge in [-0.1, -0.05) is 52.4 Å². The zero-order chi connectivity index (χ0) is 18.4. The van der Waals surface area contributed by atoms with Gasteiger partial charge >= 0.3 is 0 Å². The van der Waals surface area contributed by atoms with Gasteiger partial charge in [0.25, 0.3) is 0 Å². The van der Waals surface area contributed by atoms with Crippen LogP contribution in [0.5, 0.6) is 0 Å². The maximum Gasteiger partial charge on any atom is 0.139 e. The number of Topliss-reactive ketones (excluding diaryl/α,β-unsaturated/α-hetero) is 1. The van der Waals surface area contributed by atoms with E-state index in [2.05, 4.69) is 13.8 Å². The third kappa shape index (κ3) is 5.35. The quantitative estimate of drug-likeness (QED) is 0.457. The molecule has 150 valence electrons. The maximum atomic E-state index is 13.0. The fourth-order valence-corrected chi connectivity index (χ4v) is 6.71. The molecule has 3 saturated carbocycles. The van der Waals surface area contributed by atoms with Gasteiger partial charge in [-0.05, 0) is 87.9 Å². The fraction of sp³-hybridized carbons (Fsp3) is 0.960. The van der Waals surface area contributed by atoms with Crippen LogP contribution in [0.3, 0.4) is 0 Å². The van der Waals surface area contributed by atoms with E-state index in [1.807, 2.05) is 0 Å². The van der Waals surface area contributed by atoms with Gasteiger partial charge in [0.15, 0.2) is 0 Å². The number of hydrogen-bond donors (Lipinski definition) is 0. The number of carbonyl (C=O) groups is 1. The molecule has 3 fully saturated rings. The zero-order valence-corrected chi connectivity index (χ0v) is 17.7. The first kappa shape index (κ1) is 20.4. The topological polar surface area (TPSA) is 17.1 Å². The monoisotopic (exact) mass is 360 g/mol. The largest absolute Gasteiger partial charge is 0.299 e. The number of hydrogen-bond acceptors (Lipinski definition) is 1. The van der Waals surface area contributed by atoms with Gasteiger partial charge in [0.05, 0.1) is 0 Å². The van der Waals surface area contributed by atoms with Gasteiger partial charge in [0.2, 0.25) is 0 Å². The summed E-state index contributed by atoms with van der Waals surface area (Å²) in [5.41, 5.74) is 0. The molecule has 0 amide bonds. The lowest BCUT2D eigenvalue weighted by molar-refractivity contribution is -0.129. The minimum absolute atomic E-state index is 0.425. The molecular weight excluding hydrogens is 316 g/mol. The van der Waals surface area contributed by atoms with Crippen LogP contribution in [-0.2, 0) is 4.79 Å². The van der Waals surface area contributed by atoms with Crippen LogP contribution in [0.15, 0.2) is 0 Å². The van der Waals surface area contributed by atoms with E-state index in [-0.39, 0.29) is 0 Å². The minimum atomic E-state index is 0.425.